The van der Waals surface area contributed by atoms with Crippen molar-refractivity contribution < 1.29 is 19.4 Å². The highest BCUT2D eigenvalue weighted by Gasteiger charge is 2.28. The van der Waals surface area contributed by atoms with Crippen LogP contribution < -0.4 is 4.74 Å². The summed E-state index contributed by atoms with van der Waals surface area (Å²) in [5.74, 6) is -0.505. The minimum absolute atomic E-state index is 0.0288. The molecule has 2 heterocycles. The van der Waals surface area contributed by atoms with E-state index in [0.29, 0.717) is 30.8 Å². The molecular formula is C27H26N4O4. The molecule has 0 fully saturated rings. The molecule has 0 radical (unpaired) electrons. The van der Waals surface area contributed by atoms with Gasteiger partial charge in [-0.1, -0.05) is 29.5 Å². The first kappa shape index (κ1) is 22.6. The van der Waals surface area contributed by atoms with Crippen molar-refractivity contribution in [1.82, 2.24) is 19.9 Å². The summed E-state index contributed by atoms with van der Waals surface area (Å²) in [6, 6.07) is 18.9. The Bertz CT molecular complexity index is 1410. The summed E-state index contributed by atoms with van der Waals surface area (Å²) >= 11 is 0. The third-order valence-corrected chi connectivity index (χ3v) is 6.72. The molecule has 178 valence electrons. The quantitative estimate of drug-likeness (QED) is 0.461. The highest BCUT2D eigenvalue weighted by atomic mass is 16.5. The molecule has 1 aromatic heterocycles. The first-order valence-electron chi connectivity index (χ1n) is 11.5. The molecule has 8 heteroatoms. The standard InChI is InChI=1S/C27H26N4O4/c1-30-25-11-8-18(14-24(25)28-29-30)23(15-26(32)33)22-5-3-4-19-16-31(13-12-21(19)22)27(34)17-6-9-20(35-2)10-7-17/h3-11,14,23H,12-13,15-16H2,1-2H3,(H,32,33). The Balaban J connectivity index is 1.46. The van der Waals surface area contributed by atoms with Gasteiger partial charge in [-0.2, -0.15) is 0 Å². The van der Waals surface area contributed by atoms with Crippen molar-refractivity contribution in [3.05, 3.63) is 88.5 Å². The lowest BCUT2D eigenvalue weighted by Crippen LogP contribution is -2.36. The van der Waals surface area contributed by atoms with E-state index in [1.807, 2.05) is 48.3 Å². The van der Waals surface area contributed by atoms with Crippen molar-refractivity contribution in [1.29, 1.82) is 0 Å². The van der Waals surface area contributed by atoms with Gasteiger partial charge in [0, 0.05) is 31.6 Å². The van der Waals surface area contributed by atoms with Gasteiger partial charge in [0.1, 0.15) is 11.3 Å². The molecular weight excluding hydrogens is 444 g/mol. The number of aliphatic carboxylic acids is 1. The number of benzene rings is 3. The zero-order valence-electron chi connectivity index (χ0n) is 19.6. The van der Waals surface area contributed by atoms with Gasteiger partial charge in [0.05, 0.1) is 19.0 Å². The van der Waals surface area contributed by atoms with E-state index >= 15 is 0 Å². The van der Waals surface area contributed by atoms with Crippen LogP contribution in [0.2, 0.25) is 0 Å². The Labute approximate surface area is 202 Å². The van der Waals surface area contributed by atoms with Crippen molar-refractivity contribution in [2.45, 2.75) is 25.3 Å². The summed E-state index contributed by atoms with van der Waals surface area (Å²) in [5.41, 5.74) is 6.30. The maximum atomic E-state index is 13.1. The smallest absolute Gasteiger partial charge is 0.304 e. The van der Waals surface area contributed by atoms with Crippen LogP contribution in [0.4, 0.5) is 0 Å². The number of hydrogen-bond acceptors (Lipinski definition) is 5. The van der Waals surface area contributed by atoms with Gasteiger partial charge in [-0.25, -0.2) is 4.68 Å². The summed E-state index contributed by atoms with van der Waals surface area (Å²) < 4.78 is 6.89. The number of carbonyl (C=O) groups excluding carboxylic acids is 1. The number of aryl methyl sites for hydroxylation is 1. The number of fused-ring (bicyclic) bond motifs is 2. The first-order chi connectivity index (χ1) is 16.9. The molecule has 1 amide bonds. The zero-order chi connectivity index (χ0) is 24.5. The maximum Gasteiger partial charge on any atom is 0.304 e. The predicted molar refractivity (Wildman–Crippen MR) is 130 cm³/mol. The molecule has 8 nitrogen and oxygen atoms in total. The molecule has 1 N–H and O–H groups in total. The number of carbonyl (C=O) groups is 2. The van der Waals surface area contributed by atoms with E-state index in [1.165, 1.54) is 0 Å². The lowest BCUT2D eigenvalue weighted by Gasteiger charge is -2.32. The molecule has 1 unspecified atom stereocenters. The monoisotopic (exact) mass is 470 g/mol. The van der Waals surface area contributed by atoms with Gasteiger partial charge in [0.2, 0.25) is 0 Å². The van der Waals surface area contributed by atoms with Crippen LogP contribution in [0.5, 0.6) is 5.75 Å². The number of ether oxygens (including phenoxy) is 1. The van der Waals surface area contributed by atoms with Crippen LogP contribution >= 0.6 is 0 Å². The second-order valence-electron chi connectivity index (χ2n) is 8.80. The average molecular weight is 471 g/mol. The number of aromatic nitrogens is 3. The van der Waals surface area contributed by atoms with Crippen molar-refractivity contribution >= 4 is 22.9 Å². The molecule has 0 aliphatic carbocycles. The van der Waals surface area contributed by atoms with E-state index < -0.39 is 5.97 Å². The number of nitrogens with zero attached hydrogens (tertiary/aromatic N) is 4. The first-order valence-corrected chi connectivity index (χ1v) is 11.5. The average Bonchev–Trinajstić information content (AvgIpc) is 3.26. The summed E-state index contributed by atoms with van der Waals surface area (Å²) in [6.07, 6.45) is 0.633. The van der Waals surface area contributed by atoms with Gasteiger partial charge < -0.3 is 14.7 Å². The Morgan fingerprint density at radius 3 is 2.66 bits per heavy atom. The lowest BCUT2D eigenvalue weighted by molar-refractivity contribution is -0.137. The van der Waals surface area contributed by atoms with Crippen LogP contribution in [0.1, 0.15) is 45.0 Å². The third-order valence-electron chi connectivity index (χ3n) is 6.72. The Morgan fingerprint density at radius 2 is 1.91 bits per heavy atom. The molecule has 1 aliphatic heterocycles. The van der Waals surface area contributed by atoms with Crippen molar-refractivity contribution in [3.8, 4) is 5.75 Å². The van der Waals surface area contributed by atoms with E-state index in [2.05, 4.69) is 10.3 Å². The number of hydrogen-bond donors (Lipinski definition) is 1. The van der Waals surface area contributed by atoms with E-state index in [0.717, 1.165) is 33.3 Å². The Morgan fingerprint density at radius 1 is 1.11 bits per heavy atom. The number of amides is 1. The Hall–Kier alpha value is -4.20. The van der Waals surface area contributed by atoms with Crippen LogP contribution in [0.25, 0.3) is 11.0 Å². The van der Waals surface area contributed by atoms with Gasteiger partial charge >= 0.3 is 5.97 Å². The SMILES string of the molecule is COc1ccc(C(=O)N2CCc3c(cccc3C(CC(=O)O)c3ccc4c(c3)nnn4C)C2)cc1. The maximum absolute atomic E-state index is 13.1. The fourth-order valence-electron chi connectivity index (χ4n) is 4.91. The van der Waals surface area contributed by atoms with Gasteiger partial charge in [-0.3, -0.25) is 9.59 Å². The number of methoxy groups -OCH3 is 1. The number of rotatable bonds is 6. The molecule has 0 saturated carbocycles. The fraction of sp³-hybridized carbons (Fsp3) is 0.259. The van der Waals surface area contributed by atoms with Gasteiger partial charge in [-0.05, 0) is 65.1 Å². The highest BCUT2D eigenvalue weighted by Crippen LogP contribution is 2.35. The third kappa shape index (κ3) is 4.35. The molecule has 35 heavy (non-hydrogen) atoms. The van der Waals surface area contributed by atoms with Gasteiger partial charge in [0.25, 0.3) is 5.91 Å². The van der Waals surface area contributed by atoms with E-state index in [9.17, 15) is 14.7 Å². The zero-order valence-corrected chi connectivity index (χ0v) is 19.6. The largest absolute Gasteiger partial charge is 0.497 e. The minimum Gasteiger partial charge on any atom is -0.497 e. The van der Waals surface area contributed by atoms with Crippen LogP contribution in [0.3, 0.4) is 0 Å². The lowest BCUT2D eigenvalue weighted by atomic mass is 9.82. The molecule has 1 aliphatic rings. The topological polar surface area (TPSA) is 97.6 Å². The van der Waals surface area contributed by atoms with Gasteiger partial charge in [-0.15, -0.1) is 5.10 Å². The van der Waals surface area contributed by atoms with Crippen LogP contribution in [0, 0.1) is 0 Å². The minimum atomic E-state index is -0.862. The highest BCUT2D eigenvalue weighted by molar-refractivity contribution is 5.94. The molecule has 0 saturated heterocycles. The molecule has 0 bridgehead atoms. The molecule has 4 aromatic rings. The van der Waals surface area contributed by atoms with E-state index in [-0.39, 0.29) is 18.2 Å². The van der Waals surface area contributed by atoms with Crippen LogP contribution in [-0.4, -0.2) is 50.5 Å². The summed E-state index contributed by atoms with van der Waals surface area (Å²) in [4.78, 5) is 26.8. The second kappa shape index (κ2) is 9.21. The van der Waals surface area contributed by atoms with E-state index in [1.54, 1.807) is 36.1 Å². The fourth-order valence-corrected chi connectivity index (χ4v) is 4.91. The van der Waals surface area contributed by atoms with Crippen molar-refractivity contribution in [3.63, 3.8) is 0 Å². The van der Waals surface area contributed by atoms with Crippen LogP contribution in [-0.2, 0) is 24.8 Å². The van der Waals surface area contributed by atoms with Crippen molar-refractivity contribution in [2.75, 3.05) is 13.7 Å². The molecule has 5 rings (SSSR count). The predicted octanol–water partition coefficient (Wildman–Crippen LogP) is 3.78. The van der Waals surface area contributed by atoms with Crippen molar-refractivity contribution in [2.24, 2.45) is 7.05 Å². The van der Waals surface area contributed by atoms with Crippen LogP contribution in [0.15, 0.2) is 60.7 Å². The summed E-state index contributed by atoms with van der Waals surface area (Å²) in [5, 5.41) is 18.0. The number of carboxylic acids is 1. The summed E-state index contributed by atoms with van der Waals surface area (Å²) in [6.45, 7) is 1.05. The second-order valence-corrected chi connectivity index (χ2v) is 8.80. The molecule has 0 spiro atoms. The van der Waals surface area contributed by atoms with Gasteiger partial charge in [0.15, 0.2) is 0 Å². The normalized spacial score (nSPS) is 13.9. The molecule has 3 aromatic carbocycles. The number of carboxylic acid groups (broad SMARTS) is 1. The summed E-state index contributed by atoms with van der Waals surface area (Å²) in [7, 11) is 3.43. The Kier molecular flexibility index (Phi) is 5.94. The van der Waals surface area contributed by atoms with E-state index in [4.69, 9.17) is 4.74 Å². The molecule has 1 atom stereocenters.